The van der Waals surface area contributed by atoms with Crippen molar-refractivity contribution in [1.29, 1.82) is 5.26 Å². The van der Waals surface area contributed by atoms with Crippen LogP contribution in [0.25, 0.3) is 0 Å². The van der Waals surface area contributed by atoms with Crippen LogP contribution in [0.2, 0.25) is 0 Å². The van der Waals surface area contributed by atoms with Crippen LogP contribution in [-0.4, -0.2) is 12.6 Å². The Balaban J connectivity index is 3.46. The number of hydrogen-bond acceptors (Lipinski definition) is 3. The molecular weight excluding hydrogens is 130 g/mol. The lowest BCUT2D eigenvalue weighted by atomic mass is 10.5. The molecule has 0 rings (SSSR count). The van der Waals surface area contributed by atoms with Crippen molar-refractivity contribution in [3.63, 3.8) is 0 Å². The number of rotatable bonds is 3. The van der Waals surface area contributed by atoms with Crippen LogP contribution in [0.3, 0.4) is 0 Å². The number of ether oxygens (including phenoxy) is 1. The number of nitrogens with zero attached hydrogens (tertiary/aromatic N) is 1. The molecule has 0 aliphatic heterocycles. The summed E-state index contributed by atoms with van der Waals surface area (Å²) in [6.07, 6.45) is 3.00. The highest BCUT2D eigenvalue weighted by Gasteiger charge is 1.92. The van der Waals surface area contributed by atoms with Gasteiger partial charge < -0.3 is 4.74 Å². The summed E-state index contributed by atoms with van der Waals surface area (Å²) >= 11 is 0. The van der Waals surface area contributed by atoms with Gasteiger partial charge in [-0.2, -0.15) is 5.26 Å². The topological polar surface area (TPSA) is 50.1 Å². The van der Waals surface area contributed by atoms with Gasteiger partial charge in [0.05, 0.1) is 12.7 Å². The summed E-state index contributed by atoms with van der Waals surface area (Å²) in [5.74, 6) is -0.455. The molecule has 0 N–H and O–H groups in total. The molecule has 0 radical (unpaired) electrons. The third kappa shape index (κ3) is 4.85. The number of carbonyl (C=O) groups excluding carboxylic acids is 1. The predicted octanol–water partition coefficient (Wildman–Crippen LogP) is 1.02. The maximum Gasteiger partial charge on any atom is 0.331 e. The second-order valence-electron chi connectivity index (χ2n) is 1.63. The van der Waals surface area contributed by atoms with Crippen LogP contribution in [0, 0.1) is 11.3 Å². The molecular formula is C7H9NO2. The Morgan fingerprint density at radius 2 is 2.50 bits per heavy atom. The fourth-order valence-electron chi connectivity index (χ4n) is 0.356. The third-order valence-corrected chi connectivity index (χ3v) is 0.742. The van der Waals surface area contributed by atoms with Crippen molar-refractivity contribution in [2.45, 2.75) is 13.3 Å². The molecule has 3 heteroatoms. The molecule has 3 nitrogen and oxygen atoms in total. The maximum absolute atomic E-state index is 10.5. The van der Waals surface area contributed by atoms with Crippen LogP contribution in [0.15, 0.2) is 12.2 Å². The number of carbonyl (C=O) groups is 1. The van der Waals surface area contributed by atoms with Crippen LogP contribution >= 0.6 is 0 Å². The van der Waals surface area contributed by atoms with E-state index in [9.17, 15) is 4.79 Å². The quantitative estimate of drug-likeness (QED) is 0.333. The van der Waals surface area contributed by atoms with Gasteiger partial charge in [0.25, 0.3) is 0 Å². The molecule has 0 atom stereocenters. The Morgan fingerprint density at radius 3 is 3.00 bits per heavy atom. The number of esters is 1. The first-order valence-electron chi connectivity index (χ1n) is 3.04. The molecule has 0 spiro atoms. The SMILES string of the molecule is CCCOC(=O)/C=C/C#N. The zero-order chi connectivity index (χ0) is 7.82. The number of hydrogen-bond donors (Lipinski definition) is 0. The van der Waals surface area contributed by atoms with E-state index in [-0.39, 0.29) is 0 Å². The molecule has 0 amide bonds. The molecule has 0 aromatic heterocycles. The second-order valence-corrected chi connectivity index (χ2v) is 1.63. The van der Waals surface area contributed by atoms with Crippen molar-refractivity contribution >= 4 is 5.97 Å². The van der Waals surface area contributed by atoms with Crippen LogP contribution < -0.4 is 0 Å². The van der Waals surface area contributed by atoms with Crippen molar-refractivity contribution in [2.24, 2.45) is 0 Å². The molecule has 0 heterocycles. The van der Waals surface area contributed by atoms with E-state index < -0.39 is 5.97 Å². The summed E-state index contributed by atoms with van der Waals surface area (Å²) in [4.78, 5) is 10.5. The standard InChI is InChI=1S/C7H9NO2/c1-2-6-10-7(9)4-3-5-8/h3-4H,2,6H2,1H3/b4-3+. The van der Waals surface area contributed by atoms with Crippen LogP contribution in [0.4, 0.5) is 0 Å². The molecule has 54 valence electrons. The molecule has 0 aliphatic carbocycles. The normalized spacial score (nSPS) is 9.20. The zero-order valence-electron chi connectivity index (χ0n) is 5.83. The average Bonchev–Trinajstić information content (AvgIpc) is 1.97. The fourth-order valence-corrected chi connectivity index (χ4v) is 0.356. The van der Waals surface area contributed by atoms with Crippen molar-refractivity contribution in [1.82, 2.24) is 0 Å². The first kappa shape index (κ1) is 8.70. The summed E-state index contributed by atoms with van der Waals surface area (Å²) in [6.45, 7) is 2.32. The van der Waals surface area contributed by atoms with Crippen LogP contribution in [0.5, 0.6) is 0 Å². The van der Waals surface area contributed by atoms with E-state index in [1.54, 1.807) is 6.07 Å². The van der Waals surface area contributed by atoms with Gasteiger partial charge in [-0.3, -0.25) is 0 Å². The molecule has 0 aromatic carbocycles. The Hall–Kier alpha value is -1.30. The van der Waals surface area contributed by atoms with Gasteiger partial charge in [0.15, 0.2) is 0 Å². The molecule has 0 aliphatic rings. The zero-order valence-corrected chi connectivity index (χ0v) is 5.83. The van der Waals surface area contributed by atoms with Gasteiger partial charge in [-0.05, 0) is 6.42 Å². The summed E-state index contributed by atoms with van der Waals surface area (Å²) in [6, 6.07) is 1.69. The molecule has 0 unspecified atom stereocenters. The van der Waals surface area contributed by atoms with E-state index in [2.05, 4.69) is 4.74 Å². The van der Waals surface area contributed by atoms with E-state index in [0.29, 0.717) is 6.61 Å². The summed E-state index contributed by atoms with van der Waals surface area (Å²) in [5, 5.41) is 8.00. The molecule has 0 aromatic rings. The minimum atomic E-state index is -0.455. The number of allylic oxidation sites excluding steroid dienone is 1. The summed E-state index contributed by atoms with van der Waals surface area (Å²) in [7, 11) is 0. The second kappa shape index (κ2) is 5.83. The van der Waals surface area contributed by atoms with E-state index in [1.165, 1.54) is 0 Å². The Morgan fingerprint density at radius 1 is 1.80 bits per heavy atom. The first-order chi connectivity index (χ1) is 4.81. The van der Waals surface area contributed by atoms with Gasteiger partial charge in [0.1, 0.15) is 0 Å². The van der Waals surface area contributed by atoms with E-state index in [1.807, 2.05) is 6.92 Å². The Labute approximate surface area is 59.9 Å². The highest BCUT2D eigenvalue weighted by Crippen LogP contribution is 1.83. The van der Waals surface area contributed by atoms with Gasteiger partial charge in [-0.25, -0.2) is 4.79 Å². The van der Waals surface area contributed by atoms with Crippen LogP contribution in [-0.2, 0) is 9.53 Å². The van der Waals surface area contributed by atoms with Crippen molar-refractivity contribution in [2.75, 3.05) is 6.61 Å². The average molecular weight is 139 g/mol. The molecule has 0 fully saturated rings. The van der Waals surface area contributed by atoms with Crippen molar-refractivity contribution < 1.29 is 9.53 Å². The minimum Gasteiger partial charge on any atom is -0.463 e. The molecule has 0 bridgehead atoms. The monoisotopic (exact) mass is 139 g/mol. The van der Waals surface area contributed by atoms with Gasteiger partial charge in [0.2, 0.25) is 0 Å². The van der Waals surface area contributed by atoms with Gasteiger partial charge in [-0.1, -0.05) is 6.92 Å². The number of nitriles is 1. The van der Waals surface area contributed by atoms with E-state index in [0.717, 1.165) is 18.6 Å². The minimum absolute atomic E-state index is 0.411. The van der Waals surface area contributed by atoms with Crippen molar-refractivity contribution in [3.8, 4) is 6.07 Å². The highest BCUT2D eigenvalue weighted by atomic mass is 16.5. The van der Waals surface area contributed by atoms with Gasteiger partial charge in [-0.15, -0.1) is 0 Å². The van der Waals surface area contributed by atoms with E-state index in [4.69, 9.17) is 5.26 Å². The third-order valence-electron chi connectivity index (χ3n) is 0.742. The summed E-state index contributed by atoms with van der Waals surface area (Å²) in [5.41, 5.74) is 0. The maximum atomic E-state index is 10.5. The smallest absolute Gasteiger partial charge is 0.331 e. The first-order valence-corrected chi connectivity index (χ1v) is 3.04. The van der Waals surface area contributed by atoms with Gasteiger partial charge in [0, 0.05) is 12.2 Å². The lowest BCUT2D eigenvalue weighted by Gasteiger charge is -1.95. The summed E-state index contributed by atoms with van der Waals surface area (Å²) < 4.78 is 4.62. The Bertz CT molecular complexity index is 167. The van der Waals surface area contributed by atoms with Crippen molar-refractivity contribution in [3.05, 3.63) is 12.2 Å². The highest BCUT2D eigenvalue weighted by molar-refractivity contribution is 5.82. The largest absolute Gasteiger partial charge is 0.463 e. The van der Waals surface area contributed by atoms with Crippen LogP contribution in [0.1, 0.15) is 13.3 Å². The lowest BCUT2D eigenvalue weighted by molar-refractivity contribution is -0.137. The predicted molar refractivity (Wildman–Crippen MR) is 36.0 cm³/mol. The fraction of sp³-hybridized carbons (Fsp3) is 0.429. The van der Waals surface area contributed by atoms with Gasteiger partial charge >= 0.3 is 5.97 Å². The Kier molecular flexibility index (Phi) is 5.07. The van der Waals surface area contributed by atoms with E-state index >= 15 is 0 Å². The molecule has 0 saturated heterocycles. The molecule has 0 saturated carbocycles. The molecule has 10 heavy (non-hydrogen) atoms. The lowest BCUT2D eigenvalue weighted by Crippen LogP contribution is -2.00.